The number of aliphatic hydroxyl groups excluding tert-OH is 1. The fraction of sp³-hybridized carbons (Fsp3) is 0.647. The van der Waals surface area contributed by atoms with Gasteiger partial charge in [0.05, 0.1) is 6.10 Å². The zero-order chi connectivity index (χ0) is 14.2. The molecule has 0 spiro atoms. The summed E-state index contributed by atoms with van der Waals surface area (Å²) >= 11 is 1.79. The van der Waals surface area contributed by atoms with Crippen LogP contribution in [-0.2, 0) is 0 Å². The summed E-state index contributed by atoms with van der Waals surface area (Å²) in [4.78, 5) is 1.19. The average molecular weight is 294 g/mol. The van der Waals surface area contributed by atoms with Crippen molar-refractivity contribution in [3.8, 4) is 5.75 Å². The Hall–Kier alpha value is -0.670. The smallest absolute Gasteiger partial charge is 0.134 e. The van der Waals surface area contributed by atoms with Gasteiger partial charge in [-0.2, -0.15) is 0 Å². The Bertz CT molecular complexity index is 394. The molecule has 2 unspecified atom stereocenters. The molecule has 0 saturated heterocycles. The van der Waals surface area contributed by atoms with E-state index in [1.807, 2.05) is 18.2 Å². The molecule has 20 heavy (non-hydrogen) atoms. The topological polar surface area (TPSA) is 29.5 Å². The molecule has 1 aromatic carbocycles. The number of hydrogen-bond acceptors (Lipinski definition) is 3. The molecule has 0 radical (unpaired) electrons. The highest BCUT2D eigenvalue weighted by Crippen LogP contribution is 2.36. The summed E-state index contributed by atoms with van der Waals surface area (Å²) in [6.07, 6.45) is 8.06. The van der Waals surface area contributed by atoms with Gasteiger partial charge in [0.1, 0.15) is 11.9 Å². The first kappa shape index (κ1) is 15.7. The van der Waals surface area contributed by atoms with Crippen LogP contribution in [0.5, 0.6) is 5.75 Å². The van der Waals surface area contributed by atoms with Crippen LogP contribution in [0.3, 0.4) is 0 Å². The Labute approximate surface area is 126 Å². The number of benzene rings is 1. The van der Waals surface area contributed by atoms with Crippen molar-refractivity contribution in [2.45, 2.75) is 69.0 Å². The molecule has 1 aromatic rings. The van der Waals surface area contributed by atoms with Crippen molar-refractivity contribution in [3.05, 3.63) is 24.3 Å². The molecular weight excluding hydrogens is 268 g/mol. The predicted molar refractivity (Wildman–Crippen MR) is 85.6 cm³/mol. The molecule has 0 bridgehead atoms. The number of thioether (sulfide) groups is 1. The Morgan fingerprint density at radius 3 is 2.80 bits per heavy atom. The molecule has 0 aromatic heterocycles. The summed E-state index contributed by atoms with van der Waals surface area (Å²) in [7, 11) is 0. The molecule has 1 aliphatic rings. The second-order valence-electron chi connectivity index (χ2n) is 5.54. The number of hydrogen-bond donors (Lipinski definition) is 1. The van der Waals surface area contributed by atoms with Gasteiger partial charge in [-0.05, 0) is 18.6 Å². The van der Waals surface area contributed by atoms with Crippen LogP contribution in [0.15, 0.2) is 29.2 Å². The molecule has 1 N–H and O–H groups in total. The van der Waals surface area contributed by atoms with Crippen molar-refractivity contribution < 1.29 is 9.84 Å². The van der Waals surface area contributed by atoms with E-state index >= 15 is 0 Å². The third-order valence-corrected chi connectivity index (χ3v) is 4.96. The standard InChI is InChI=1S/C17H26O2S/c1-2-3-4-5-6-7-10-14(18)16-13-20-17-12-9-8-11-15(17)19-16/h8-9,11-12,14,16,18H,2-7,10,13H2,1H3. The first-order chi connectivity index (χ1) is 9.81. The Morgan fingerprint density at radius 2 is 1.95 bits per heavy atom. The largest absolute Gasteiger partial charge is 0.486 e. The van der Waals surface area contributed by atoms with Gasteiger partial charge in [-0.1, -0.05) is 57.6 Å². The Balaban J connectivity index is 1.68. The van der Waals surface area contributed by atoms with Gasteiger partial charge >= 0.3 is 0 Å². The molecule has 1 heterocycles. The van der Waals surface area contributed by atoms with Crippen LogP contribution >= 0.6 is 11.8 Å². The lowest BCUT2D eigenvalue weighted by atomic mass is 10.0. The van der Waals surface area contributed by atoms with E-state index in [4.69, 9.17) is 4.74 Å². The monoisotopic (exact) mass is 294 g/mol. The molecule has 2 nitrogen and oxygen atoms in total. The highest BCUT2D eigenvalue weighted by atomic mass is 32.2. The number of rotatable bonds is 8. The second-order valence-corrected chi connectivity index (χ2v) is 6.60. The van der Waals surface area contributed by atoms with E-state index in [0.29, 0.717) is 0 Å². The number of ether oxygens (including phenoxy) is 1. The maximum atomic E-state index is 10.3. The average Bonchev–Trinajstić information content (AvgIpc) is 2.50. The van der Waals surface area contributed by atoms with Gasteiger partial charge in [0, 0.05) is 10.6 Å². The van der Waals surface area contributed by atoms with Gasteiger partial charge in [-0.25, -0.2) is 0 Å². The summed E-state index contributed by atoms with van der Waals surface area (Å²) in [6.45, 7) is 2.24. The van der Waals surface area contributed by atoms with Crippen LogP contribution in [-0.4, -0.2) is 23.1 Å². The zero-order valence-electron chi connectivity index (χ0n) is 12.4. The lowest BCUT2D eigenvalue weighted by Crippen LogP contribution is -2.35. The van der Waals surface area contributed by atoms with E-state index in [9.17, 15) is 5.11 Å². The van der Waals surface area contributed by atoms with Gasteiger partial charge < -0.3 is 9.84 Å². The summed E-state index contributed by atoms with van der Waals surface area (Å²) in [5.41, 5.74) is 0. The minimum atomic E-state index is -0.331. The van der Waals surface area contributed by atoms with Crippen LogP contribution < -0.4 is 4.74 Å². The second kappa shape index (κ2) is 8.58. The Morgan fingerprint density at radius 1 is 1.20 bits per heavy atom. The van der Waals surface area contributed by atoms with Gasteiger partial charge in [-0.15, -0.1) is 11.8 Å². The van der Waals surface area contributed by atoms with Crippen LogP contribution in [0.4, 0.5) is 0 Å². The highest BCUT2D eigenvalue weighted by Gasteiger charge is 2.26. The fourth-order valence-corrected chi connectivity index (χ4v) is 3.61. The van der Waals surface area contributed by atoms with Crippen molar-refractivity contribution in [1.29, 1.82) is 0 Å². The number of unbranched alkanes of at least 4 members (excludes halogenated alkanes) is 5. The van der Waals surface area contributed by atoms with Gasteiger partial charge in [0.15, 0.2) is 0 Å². The third-order valence-electron chi connectivity index (χ3n) is 3.81. The molecule has 0 saturated carbocycles. The van der Waals surface area contributed by atoms with E-state index in [0.717, 1.165) is 24.3 Å². The summed E-state index contributed by atoms with van der Waals surface area (Å²) in [6, 6.07) is 8.09. The highest BCUT2D eigenvalue weighted by molar-refractivity contribution is 7.99. The van der Waals surface area contributed by atoms with Crippen molar-refractivity contribution in [1.82, 2.24) is 0 Å². The van der Waals surface area contributed by atoms with Crippen molar-refractivity contribution in [2.24, 2.45) is 0 Å². The van der Waals surface area contributed by atoms with E-state index in [-0.39, 0.29) is 12.2 Å². The maximum absolute atomic E-state index is 10.3. The predicted octanol–water partition coefficient (Wildman–Crippen LogP) is 4.65. The lowest BCUT2D eigenvalue weighted by molar-refractivity contribution is 0.0391. The first-order valence-corrected chi connectivity index (χ1v) is 8.86. The van der Waals surface area contributed by atoms with Gasteiger partial charge in [0.25, 0.3) is 0 Å². The zero-order valence-corrected chi connectivity index (χ0v) is 13.2. The molecule has 0 fully saturated rings. The van der Waals surface area contributed by atoms with Crippen molar-refractivity contribution >= 4 is 11.8 Å². The quantitative estimate of drug-likeness (QED) is 0.708. The van der Waals surface area contributed by atoms with Crippen LogP contribution in [0.2, 0.25) is 0 Å². The molecule has 1 aliphatic heterocycles. The van der Waals surface area contributed by atoms with E-state index in [1.54, 1.807) is 11.8 Å². The third kappa shape index (κ3) is 4.71. The van der Waals surface area contributed by atoms with Crippen molar-refractivity contribution in [3.63, 3.8) is 0 Å². The minimum Gasteiger partial charge on any atom is -0.486 e. The molecule has 112 valence electrons. The molecule has 2 rings (SSSR count). The minimum absolute atomic E-state index is 0.0504. The normalized spacial score (nSPS) is 19.2. The van der Waals surface area contributed by atoms with E-state index < -0.39 is 0 Å². The van der Waals surface area contributed by atoms with E-state index in [2.05, 4.69) is 13.0 Å². The van der Waals surface area contributed by atoms with Gasteiger partial charge in [0.2, 0.25) is 0 Å². The molecular formula is C17H26O2S. The van der Waals surface area contributed by atoms with E-state index in [1.165, 1.54) is 37.0 Å². The van der Waals surface area contributed by atoms with Crippen LogP contribution in [0, 0.1) is 0 Å². The fourth-order valence-electron chi connectivity index (χ4n) is 2.55. The molecule has 0 aliphatic carbocycles. The molecule has 0 amide bonds. The summed E-state index contributed by atoms with van der Waals surface area (Å²) in [5.74, 6) is 1.78. The maximum Gasteiger partial charge on any atom is 0.134 e. The summed E-state index contributed by atoms with van der Waals surface area (Å²) < 4.78 is 5.92. The molecule has 3 heteroatoms. The van der Waals surface area contributed by atoms with Crippen LogP contribution in [0.25, 0.3) is 0 Å². The van der Waals surface area contributed by atoms with Crippen molar-refractivity contribution in [2.75, 3.05) is 5.75 Å². The Kier molecular flexibility index (Phi) is 6.74. The van der Waals surface area contributed by atoms with Crippen LogP contribution in [0.1, 0.15) is 51.9 Å². The summed E-state index contributed by atoms with van der Waals surface area (Å²) in [5, 5.41) is 10.3. The van der Waals surface area contributed by atoms with Gasteiger partial charge in [-0.3, -0.25) is 0 Å². The molecule has 2 atom stereocenters. The number of fused-ring (bicyclic) bond motifs is 1. The first-order valence-electron chi connectivity index (χ1n) is 7.88. The number of aliphatic hydroxyl groups is 1. The SMILES string of the molecule is CCCCCCCCC(O)C1CSc2ccccc2O1. The number of para-hydroxylation sites is 1. The lowest BCUT2D eigenvalue weighted by Gasteiger charge is -2.29.